The molecule has 1 aliphatic carbocycles. The summed E-state index contributed by atoms with van der Waals surface area (Å²) in [6.45, 7) is 5.14. The van der Waals surface area contributed by atoms with Gasteiger partial charge in [-0.15, -0.1) is 0 Å². The number of nitrogens with zero attached hydrogens (tertiary/aromatic N) is 2. The van der Waals surface area contributed by atoms with Crippen LogP contribution in [0, 0.1) is 11.3 Å². The Morgan fingerprint density at radius 3 is 2.62 bits per heavy atom. The van der Waals surface area contributed by atoms with Crippen LogP contribution in [0.3, 0.4) is 0 Å². The first kappa shape index (κ1) is 20.3. The van der Waals surface area contributed by atoms with Gasteiger partial charge in [-0.05, 0) is 50.7 Å². The highest BCUT2D eigenvalue weighted by Gasteiger charge is 2.42. The number of amides is 2. The number of aromatic nitrogens is 1. The molecule has 0 unspecified atom stereocenters. The van der Waals surface area contributed by atoms with Crippen LogP contribution in [0.25, 0.3) is 0 Å². The first-order valence-corrected chi connectivity index (χ1v) is 10.8. The minimum Gasteiger partial charge on any atom is -0.379 e. The molecule has 3 aliphatic rings. The van der Waals surface area contributed by atoms with Crippen molar-refractivity contribution >= 4 is 11.8 Å². The minimum atomic E-state index is -0.370. The van der Waals surface area contributed by atoms with E-state index in [4.69, 9.17) is 4.74 Å². The molecule has 1 aromatic rings. The standard InChI is InChI=1S/C22H32N4O3/c1-22(14-29-15-22)21(28)25-12-19-8-7-18(26(19)13-16-5-6-16)10-20(27)24-11-17-4-2-3-9-23-17/h2-4,9,16,18-19H,5-8,10-15H2,1H3,(H,24,27)(H,25,28)/t18-,19+/m1/s1. The maximum atomic E-state index is 12.5. The van der Waals surface area contributed by atoms with Crippen LogP contribution >= 0.6 is 0 Å². The van der Waals surface area contributed by atoms with Gasteiger partial charge < -0.3 is 15.4 Å². The van der Waals surface area contributed by atoms with E-state index < -0.39 is 0 Å². The van der Waals surface area contributed by atoms with Crippen LogP contribution in [0.15, 0.2) is 24.4 Å². The molecule has 2 N–H and O–H groups in total. The second kappa shape index (κ2) is 8.79. The van der Waals surface area contributed by atoms with E-state index in [9.17, 15) is 9.59 Å². The molecular formula is C22H32N4O3. The van der Waals surface area contributed by atoms with Gasteiger partial charge in [-0.2, -0.15) is 0 Å². The van der Waals surface area contributed by atoms with E-state index in [-0.39, 0.29) is 23.3 Å². The summed E-state index contributed by atoms with van der Waals surface area (Å²) in [4.78, 5) is 31.7. The SMILES string of the molecule is CC1(C(=O)NC[C@@H]2CC[C@H](CC(=O)NCc3ccccn3)N2CC2CC2)COC1. The van der Waals surface area contributed by atoms with E-state index in [2.05, 4.69) is 20.5 Å². The molecule has 1 saturated carbocycles. The number of carbonyl (C=O) groups is 2. The van der Waals surface area contributed by atoms with Crippen molar-refractivity contribution in [3.05, 3.63) is 30.1 Å². The molecule has 7 heteroatoms. The van der Waals surface area contributed by atoms with E-state index in [1.165, 1.54) is 12.8 Å². The van der Waals surface area contributed by atoms with Crippen molar-refractivity contribution in [2.24, 2.45) is 11.3 Å². The van der Waals surface area contributed by atoms with Gasteiger partial charge >= 0.3 is 0 Å². The van der Waals surface area contributed by atoms with Gasteiger partial charge in [0.2, 0.25) is 11.8 Å². The monoisotopic (exact) mass is 400 g/mol. The Morgan fingerprint density at radius 1 is 1.17 bits per heavy atom. The quantitative estimate of drug-likeness (QED) is 0.656. The molecule has 2 saturated heterocycles. The maximum absolute atomic E-state index is 12.5. The van der Waals surface area contributed by atoms with E-state index in [0.717, 1.165) is 31.0 Å². The summed E-state index contributed by atoms with van der Waals surface area (Å²) in [5.41, 5.74) is 0.501. The minimum absolute atomic E-state index is 0.0743. The van der Waals surface area contributed by atoms with Gasteiger partial charge in [0.15, 0.2) is 0 Å². The molecule has 0 bridgehead atoms. The highest BCUT2D eigenvalue weighted by molar-refractivity contribution is 5.83. The fourth-order valence-corrected chi connectivity index (χ4v) is 4.29. The summed E-state index contributed by atoms with van der Waals surface area (Å²) < 4.78 is 5.21. The fraction of sp³-hybridized carbons (Fsp3) is 0.682. The zero-order valence-corrected chi connectivity index (χ0v) is 17.2. The molecule has 2 aliphatic heterocycles. The summed E-state index contributed by atoms with van der Waals surface area (Å²) in [7, 11) is 0. The Bertz CT molecular complexity index is 718. The van der Waals surface area contributed by atoms with Crippen LogP contribution in [0.5, 0.6) is 0 Å². The third-order valence-electron chi connectivity index (χ3n) is 6.44. The third kappa shape index (κ3) is 5.14. The lowest BCUT2D eigenvalue weighted by Crippen LogP contribution is -2.54. The van der Waals surface area contributed by atoms with Crippen molar-refractivity contribution in [3.8, 4) is 0 Å². The number of rotatable bonds is 9. The van der Waals surface area contributed by atoms with Gasteiger partial charge in [0, 0.05) is 37.8 Å². The normalized spacial score (nSPS) is 26.0. The average molecular weight is 401 g/mol. The predicted molar refractivity (Wildman–Crippen MR) is 109 cm³/mol. The molecule has 3 heterocycles. The molecule has 0 spiro atoms. The summed E-state index contributed by atoms with van der Waals surface area (Å²) >= 11 is 0. The summed E-state index contributed by atoms with van der Waals surface area (Å²) in [5.74, 6) is 0.917. The topological polar surface area (TPSA) is 83.6 Å². The van der Waals surface area contributed by atoms with Crippen LogP contribution < -0.4 is 10.6 Å². The lowest BCUT2D eigenvalue weighted by molar-refractivity contribution is -0.157. The third-order valence-corrected chi connectivity index (χ3v) is 6.44. The van der Waals surface area contributed by atoms with Crippen molar-refractivity contribution in [2.75, 3.05) is 26.3 Å². The average Bonchev–Trinajstić information content (AvgIpc) is 3.45. The number of likely N-dealkylation sites (tertiary alicyclic amines) is 1. The summed E-state index contributed by atoms with van der Waals surface area (Å²) in [6.07, 6.45) is 6.84. The Balaban J connectivity index is 1.28. The number of carbonyl (C=O) groups excluding carboxylic acids is 2. The highest BCUT2D eigenvalue weighted by atomic mass is 16.5. The van der Waals surface area contributed by atoms with Crippen LogP contribution in [0.1, 0.15) is 44.7 Å². The summed E-state index contributed by atoms with van der Waals surface area (Å²) in [6, 6.07) is 6.29. The van der Waals surface area contributed by atoms with Crippen LogP contribution in [0.2, 0.25) is 0 Å². The predicted octanol–water partition coefficient (Wildman–Crippen LogP) is 1.48. The molecule has 1 aromatic heterocycles. The van der Waals surface area contributed by atoms with Crippen LogP contribution in [0.4, 0.5) is 0 Å². The van der Waals surface area contributed by atoms with Gasteiger partial charge in [0.25, 0.3) is 0 Å². The van der Waals surface area contributed by atoms with E-state index in [0.29, 0.717) is 38.8 Å². The second-order valence-corrected chi connectivity index (χ2v) is 9.09. The van der Waals surface area contributed by atoms with Crippen molar-refractivity contribution in [1.82, 2.24) is 20.5 Å². The van der Waals surface area contributed by atoms with Gasteiger partial charge in [0.1, 0.15) is 0 Å². The zero-order valence-electron chi connectivity index (χ0n) is 17.2. The Hall–Kier alpha value is -1.99. The molecule has 0 radical (unpaired) electrons. The molecule has 29 heavy (non-hydrogen) atoms. The van der Waals surface area contributed by atoms with E-state index >= 15 is 0 Å². The number of hydrogen-bond acceptors (Lipinski definition) is 5. The number of hydrogen-bond donors (Lipinski definition) is 2. The zero-order chi connectivity index (χ0) is 20.3. The number of ether oxygens (including phenoxy) is 1. The second-order valence-electron chi connectivity index (χ2n) is 9.09. The fourth-order valence-electron chi connectivity index (χ4n) is 4.29. The molecule has 2 atom stereocenters. The molecule has 0 aromatic carbocycles. The molecule has 3 fully saturated rings. The highest BCUT2D eigenvalue weighted by Crippen LogP contribution is 2.35. The smallest absolute Gasteiger partial charge is 0.230 e. The molecular weight excluding hydrogens is 368 g/mol. The summed E-state index contributed by atoms with van der Waals surface area (Å²) in [5, 5.41) is 6.15. The molecule has 7 nitrogen and oxygen atoms in total. The van der Waals surface area contributed by atoms with Gasteiger partial charge in [-0.3, -0.25) is 19.5 Å². The lowest BCUT2D eigenvalue weighted by atomic mass is 9.87. The Labute approximate surface area is 172 Å². The number of pyridine rings is 1. The van der Waals surface area contributed by atoms with Crippen molar-refractivity contribution in [2.45, 2.75) is 57.7 Å². The lowest BCUT2D eigenvalue weighted by Gasteiger charge is -2.37. The molecule has 4 rings (SSSR count). The van der Waals surface area contributed by atoms with Gasteiger partial charge in [0.05, 0.1) is 30.9 Å². The van der Waals surface area contributed by atoms with E-state index in [1.54, 1.807) is 6.20 Å². The Kier molecular flexibility index (Phi) is 6.15. The molecule has 158 valence electrons. The largest absolute Gasteiger partial charge is 0.379 e. The number of nitrogens with one attached hydrogen (secondary N) is 2. The molecule has 2 amide bonds. The van der Waals surface area contributed by atoms with Crippen molar-refractivity contribution in [1.29, 1.82) is 0 Å². The van der Waals surface area contributed by atoms with Crippen molar-refractivity contribution < 1.29 is 14.3 Å². The van der Waals surface area contributed by atoms with Crippen LogP contribution in [-0.4, -0.2) is 60.1 Å². The first-order chi connectivity index (χ1) is 14.0. The first-order valence-electron chi connectivity index (χ1n) is 10.8. The van der Waals surface area contributed by atoms with Crippen LogP contribution in [-0.2, 0) is 20.9 Å². The van der Waals surface area contributed by atoms with E-state index in [1.807, 2.05) is 25.1 Å². The van der Waals surface area contributed by atoms with Gasteiger partial charge in [-0.1, -0.05) is 6.07 Å². The maximum Gasteiger partial charge on any atom is 0.230 e. The van der Waals surface area contributed by atoms with Gasteiger partial charge in [-0.25, -0.2) is 0 Å². The van der Waals surface area contributed by atoms with Crippen molar-refractivity contribution in [3.63, 3.8) is 0 Å². The Morgan fingerprint density at radius 2 is 1.97 bits per heavy atom.